The Hall–Kier alpha value is -3.15. The Balaban J connectivity index is 2.73. The molecule has 7 nitrogen and oxygen atoms in total. The van der Waals surface area contributed by atoms with Gasteiger partial charge < -0.3 is 9.94 Å². The fraction of sp³-hybridized carbons (Fsp3) is 0.407. The number of hydrogen-bond donors (Lipinski definition) is 1. The number of sulfone groups is 1. The molecule has 0 radical (unpaired) electrons. The van der Waals surface area contributed by atoms with Gasteiger partial charge in [0.05, 0.1) is 27.9 Å². The standard InChI is InChI=1S/C27H34N2O5S/c1-26(2,3)21-16-19(17-22(24(21)30)27(4,5)6)23(10-9-15-28)35(32,33)20-13-11-18(12-14-20)25(31)34-29(7)8/h10-14,16-17,30H,9H2,1-8H3/b23-10-. The number of hydroxylamine groups is 2. The first-order valence-corrected chi connectivity index (χ1v) is 12.7. The van der Waals surface area contributed by atoms with Gasteiger partial charge in [-0.2, -0.15) is 5.26 Å². The van der Waals surface area contributed by atoms with Crippen LogP contribution in [0.5, 0.6) is 5.75 Å². The van der Waals surface area contributed by atoms with E-state index in [2.05, 4.69) is 0 Å². The van der Waals surface area contributed by atoms with Crippen molar-refractivity contribution in [3.8, 4) is 11.8 Å². The maximum Gasteiger partial charge on any atom is 0.356 e. The molecule has 1 N–H and O–H groups in total. The second-order valence-electron chi connectivity index (χ2n) is 10.6. The molecule has 2 rings (SSSR count). The van der Waals surface area contributed by atoms with E-state index in [0.717, 1.165) is 0 Å². The monoisotopic (exact) mass is 498 g/mol. The van der Waals surface area contributed by atoms with E-state index in [0.29, 0.717) is 16.7 Å². The van der Waals surface area contributed by atoms with E-state index in [9.17, 15) is 23.6 Å². The van der Waals surface area contributed by atoms with Crippen molar-refractivity contribution in [1.82, 2.24) is 5.06 Å². The number of carbonyl (C=O) groups is 1. The fourth-order valence-corrected chi connectivity index (χ4v) is 5.04. The van der Waals surface area contributed by atoms with Gasteiger partial charge in [-0.1, -0.05) is 47.6 Å². The molecule has 0 saturated carbocycles. The summed E-state index contributed by atoms with van der Waals surface area (Å²) < 4.78 is 27.5. The quantitative estimate of drug-likeness (QED) is 0.535. The number of allylic oxidation sites excluding steroid dienone is 1. The molecule has 8 heteroatoms. The predicted molar refractivity (Wildman–Crippen MR) is 136 cm³/mol. The van der Waals surface area contributed by atoms with Crippen molar-refractivity contribution in [2.75, 3.05) is 14.1 Å². The number of nitrogens with zero attached hydrogens (tertiary/aromatic N) is 2. The number of carbonyl (C=O) groups excluding carboxylic acids is 1. The summed E-state index contributed by atoms with van der Waals surface area (Å²) in [7, 11) is -0.928. The van der Waals surface area contributed by atoms with Gasteiger partial charge in [0.1, 0.15) is 5.75 Å². The van der Waals surface area contributed by atoms with Gasteiger partial charge in [0.15, 0.2) is 0 Å². The SMILES string of the molecule is CN(C)OC(=O)c1ccc(S(=O)(=O)/C(=C\CC#N)c2cc(C(C)(C)C)c(O)c(C(C)(C)C)c2)cc1. The maximum atomic E-state index is 13.7. The molecule has 0 aromatic heterocycles. The normalized spacial score (nSPS) is 13.0. The third-order valence-corrected chi connectivity index (χ3v) is 7.22. The first kappa shape index (κ1) is 28.1. The summed E-state index contributed by atoms with van der Waals surface area (Å²) in [6, 6.07) is 10.8. The molecule has 0 amide bonds. The molecule has 0 aliphatic heterocycles. The molecule has 2 aromatic carbocycles. The summed E-state index contributed by atoms with van der Waals surface area (Å²) in [6.45, 7) is 11.6. The minimum absolute atomic E-state index is 0.0224. The minimum Gasteiger partial charge on any atom is -0.507 e. The molecule has 0 aliphatic carbocycles. The van der Waals surface area contributed by atoms with Gasteiger partial charge in [-0.25, -0.2) is 13.2 Å². The number of phenols is 1. The van der Waals surface area contributed by atoms with Gasteiger partial charge in [-0.3, -0.25) is 0 Å². The summed E-state index contributed by atoms with van der Waals surface area (Å²) in [4.78, 5) is 17.1. The second kappa shape index (κ2) is 10.2. The number of aromatic hydroxyl groups is 1. The first-order chi connectivity index (χ1) is 16.0. The Kier molecular flexibility index (Phi) is 8.21. The van der Waals surface area contributed by atoms with Crippen LogP contribution in [0, 0.1) is 11.3 Å². The average Bonchev–Trinajstić information content (AvgIpc) is 2.72. The molecular weight excluding hydrogens is 464 g/mol. The van der Waals surface area contributed by atoms with Crippen LogP contribution in [-0.4, -0.2) is 38.7 Å². The molecule has 0 heterocycles. The Morgan fingerprint density at radius 2 is 1.49 bits per heavy atom. The molecule has 0 bridgehead atoms. The second-order valence-corrected chi connectivity index (χ2v) is 12.5. The van der Waals surface area contributed by atoms with Crippen LogP contribution < -0.4 is 0 Å². The lowest BCUT2D eigenvalue weighted by atomic mass is 9.78. The van der Waals surface area contributed by atoms with Crippen LogP contribution in [0.15, 0.2) is 47.4 Å². The Morgan fingerprint density at radius 3 is 1.89 bits per heavy atom. The molecule has 0 fully saturated rings. The molecular formula is C27H34N2O5S. The highest BCUT2D eigenvalue weighted by Gasteiger charge is 2.30. The van der Waals surface area contributed by atoms with E-state index in [1.165, 1.54) is 35.4 Å². The fourth-order valence-electron chi connectivity index (χ4n) is 3.56. The highest BCUT2D eigenvalue weighted by molar-refractivity contribution is 8.00. The van der Waals surface area contributed by atoms with Crippen LogP contribution in [0.4, 0.5) is 0 Å². The zero-order chi connectivity index (χ0) is 26.8. The van der Waals surface area contributed by atoms with Gasteiger partial charge >= 0.3 is 5.97 Å². The van der Waals surface area contributed by atoms with E-state index in [1.54, 1.807) is 26.2 Å². The summed E-state index contributed by atoms with van der Waals surface area (Å²) in [5.74, 6) is -0.475. The third kappa shape index (κ3) is 6.50. The van der Waals surface area contributed by atoms with Gasteiger partial charge in [0.25, 0.3) is 0 Å². The van der Waals surface area contributed by atoms with E-state index in [-0.39, 0.29) is 27.5 Å². The van der Waals surface area contributed by atoms with E-state index >= 15 is 0 Å². The van der Waals surface area contributed by atoms with Gasteiger partial charge in [0, 0.05) is 25.2 Å². The van der Waals surface area contributed by atoms with Gasteiger partial charge in [-0.15, -0.1) is 5.06 Å². The van der Waals surface area contributed by atoms with Crippen LogP contribution in [0.1, 0.15) is 75.0 Å². The average molecular weight is 499 g/mol. The first-order valence-electron chi connectivity index (χ1n) is 11.2. The van der Waals surface area contributed by atoms with Crippen LogP contribution >= 0.6 is 0 Å². The predicted octanol–water partition coefficient (Wildman–Crippen LogP) is 5.35. The number of benzene rings is 2. The van der Waals surface area contributed by atoms with Crippen LogP contribution in [-0.2, 0) is 25.5 Å². The van der Waals surface area contributed by atoms with Crippen molar-refractivity contribution in [3.63, 3.8) is 0 Å². The van der Waals surface area contributed by atoms with E-state index < -0.39 is 26.6 Å². The van der Waals surface area contributed by atoms with E-state index in [4.69, 9.17) is 4.84 Å². The molecule has 0 spiro atoms. The number of phenolic OH excluding ortho intramolecular Hbond substituents is 1. The van der Waals surface area contributed by atoms with Crippen LogP contribution in [0.3, 0.4) is 0 Å². The lowest BCUT2D eigenvalue weighted by molar-refractivity contribution is -0.0713. The molecule has 0 aliphatic rings. The van der Waals surface area contributed by atoms with Crippen LogP contribution in [0.2, 0.25) is 0 Å². The van der Waals surface area contributed by atoms with Crippen molar-refractivity contribution >= 4 is 20.7 Å². The molecule has 0 atom stereocenters. The highest BCUT2D eigenvalue weighted by atomic mass is 32.2. The van der Waals surface area contributed by atoms with Gasteiger partial charge in [-0.05, 0) is 52.8 Å². The lowest BCUT2D eigenvalue weighted by Crippen LogP contribution is -2.19. The Bertz CT molecular complexity index is 1240. The van der Waals surface area contributed by atoms with Crippen LogP contribution in [0.25, 0.3) is 4.91 Å². The number of nitriles is 1. The van der Waals surface area contributed by atoms with E-state index in [1.807, 2.05) is 47.6 Å². The molecule has 188 valence electrons. The van der Waals surface area contributed by atoms with Crippen molar-refractivity contribution < 1.29 is 23.2 Å². The maximum absolute atomic E-state index is 13.7. The highest BCUT2D eigenvalue weighted by Crippen LogP contribution is 2.42. The smallest absolute Gasteiger partial charge is 0.356 e. The Morgan fingerprint density at radius 1 is 1.00 bits per heavy atom. The van der Waals surface area contributed by atoms with Crippen molar-refractivity contribution in [3.05, 3.63) is 64.7 Å². The van der Waals surface area contributed by atoms with Crippen molar-refractivity contribution in [1.29, 1.82) is 5.26 Å². The van der Waals surface area contributed by atoms with Gasteiger partial charge in [0.2, 0.25) is 9.84 Å². The third-order valence-electron chi connectivity index (χ3n) is 5.34. The Labute approximate surface area is 208 Å². The lowest BCUT2D eigenvalue weighted by Gasteiger charge is -2.28. The molecule has 0 saturated heterocycles. The summed E-state index contributed by atoms with van der Waals surface area (Å²) in [6.07, 6.45) is 1.27. The minimum atomic E-state index is -4.06. The van der Waals surface area contributed by atoms with Crippen molar-refractivity contribution in [2.45, 2.75) is 63.7 Å². The zero-order valence-electron chi connectivity index (χ0n) is 21.6. The summed E-state index contributed by atoms with van der Waals surface area (Å²) >= 11 is 0. The largest absolute Gasteiger partial charge is 0.507 e. The zero-order valence-corrected chi connectivity index (χ0v) is 22.4. The topological polar surface area (TPSA) is 108 Å². The number of rotatable bonds is 6. The molecule has 2 aromatic rings. The molecule has 35 heavy (non-hydrogen) atoms. The summed E-state index contributed by atoms with van der Waals surface area (Å²) in [5, 5.41) is 21.5. The van der Waals surface area contributed by atoms with Crippen molar-refractivity contribution in [2.24, 2.45) is 0 Å². The molecule has 0 unspecified atom stereocenters. The summed E-state index contributed by atoms with van der Waals surface area (Å²) in [5.41, 5.74) is 0.899. The number of hydrogen-bond acceptors (Lipinski definition) is 7.